The van der Waals surface area contributed by atoms with E-state index in [1.807, 2.05) is 25.1 Å². The van der Waals surface area contributed by atoms with E-state index in [9.17, 15) is 9.59 Å². The molecule has 1 N–H and O–H groups in total. The molecule has 0 radical (unpaired) electrons. The molecular weight excluding hydrogens is 304 g/mol. The summed E-state index contributed by atoms with van der Waals surface area (Å²) < 4.78 is 6.65. The summed E-state index contributed by atoms with van der Waals surface area (Å²) in [6.45, 7) is 6.30. The van der Waals surface area contributed by atoms with Crippen molar-refractivity contribution < 1.29 is 9.53 Å². The fraction of sp³-hybridized carbons (Fsp3) is 0.368. The molecule has 2 rings (SSSR count). The topological polar surface area (TPSA) is 60.3 Å². The van der Waals surface area contributed by atoms with Gasteiger partial charge in [0, 0.05) is 11.9 Å². The lowest BCUT2D eigenvalue weighted by Gasteiger charge is -2.15. The van der Waals surface area contributed by atoms with Gasteiger partial charge in [-0.1, -0.05) is 32.0 Å². The van der Waals surface area contributed by atoms with E-state index >= 15 is 0 Å². The number of aryl methyl sites for hydroxylation is 2. The smallest absolute Gasteiger partial charge is 0.293 e. The van der Waals surface area contributed by atoms with Gasteiger partial charge in [0.05, 0.1) is 6.61 Å². The quantitative estimate of drug-likeness (QED) is 0.850. The fourth-order valence-corrected chi connectivity index (χ4v) is 2.64. The van der Waals surface area contributed by atoms with E-state index in [4.69, 9.17) is 4.74 Å². The number of pyridine rings is 1. The summed E-state index contributed by atoms with van der Waals surface area (Å²) in [6.07, 6.45) is 3.27. The number of nitrogens with zero attached hydrogens (tertiary/aromatic N) is 1. The molecule has 1 aromatic heterocycles. The van der Waals surface area contributed by atoms with Crippen molar-refractivity contribution in [2.75, 3.05) is 11.9 Å². The molecule has 0 fully saturated rings. The molecule has 0 saturated heterocycles. The van der Waals surface area contributed by atoms with Gasteiger partial charge >= 0.3 is 0 Å². The monoisotopic (exact) mass is 328 g/mol. The van der Waals surface area contributed by atoms with Gasteiger partial charge in [-0.05, 0) is 43.0 Å². The highest BCUT2D eigenvalue weighted by Gasteiger charge is 2.12. The van der Waals surface area contributed by atoms with Crippen LogP contribution in [0.3, 0.4) is 0 Å². The molecule has 0 bridgehead atoms. The van der Waals surface area contributed by atoms with E-state index in [1.165, 1.54) is 4.57 Å². The van der Waals surface area contributed by atoms with E-state index in [2.05, 4.69) is 19.2 Å². The molecule has 1 aromatic carbocycles. The highest BCUT2D eigenvalue weighted by molar-refractivity contribution is 5.92. The largest absolute Gasteiger partial charge is 0.488 e. The van der Waals surface area contributed by atoms with Crippen LogP contribution in [-0.2, 0) is 24.2 Å². The Morgan fingerprint density at radius 1 is 1.08 bits per heavy atom. The summed E-state index contributed by atoms with van der Waals surface area (Å²) in [4.78, 5) is 24.7. The summed E-state index contributed by atoms with van der Waals surface area (Å²) in [6, 6.07) is 9.34. The minimum atomic E-state index is -0.297. The first-order valence-electron chi connectivity index (χ1n) is 8.33. The number of hydrogen-bond donors (Lipinski definition) is 1. The van der Waals surface area contributed by atoms with Crippen molar-refractivity contribution in [2.24, 2.45) is 0 Å². The highest BCUT2D eigenvalue weighted by atomic mass is 16.5. The number of rotatable bonds is 7. The van der Waals surface area contributed by atoms with Crippen molar-refractivity contribution >= 4 is 11.6 Å². The van der Waals surface area contributed by atoms with Gasteiger partial charge in [-0.2, -0.15) is 0 Å². The van der Waals surface area contributed by atoms with Crippen LogP contribution in [-0.4, -0.2) is 17.1 Å². The zero-order chi connectivity index (χ0) is 17.5. The van der Waals surface area contributed by atoms with Gasteiger partial charge in [-0.15, -0.1) is 0 Å². The van der Waals surface area contributed by atoms with E-state index in [0.29, 0.717) is 6.61 Å². The van der Waals surface area contributed by atoms with Gasteiger partial charge in [0.1, 0.15) is 6.54 Å². The Bertz CT molecular complexity index is 743. The molecule has 128 valence electrons. The van der Waals surface area contributed by atoms with Gasteiger partial charge in [-0.3, -0.25) is 9.59 Å². The van der Waals surface area contributed by atoms with Crippen molar-refractivity contribution in [1.82, 2.24) is 4.57 Å². The van der Waals surface area contributed by atoms with Crippen LogP contribution in [0.5, 0.6) is 5.75 Å². The van der Waals surface area contributed by atoms with Crippen LogP contribution < -0.4 is 15.6 Å². The maximum absolute atomic E-state index is 12.4. The number of para-hydroxylation sites is 1. The van der Waals surface area contributed by atoms with Crippen molar-refractivity contribution in [2.45, 2.75) is 40.2 Å². The average molecular weight is 328 g/mol. The maximum Gasteiger partial charge on any atom is 0.293 e. The van der Waals surface area contributed by atoms with Crippen molar-refractivity contribution in [3.05, 3.63) is 58.0 Å². The van der Waals surface area contributed by atoms with Crippen LogP contribution in [0.2, 0.25) is 0 Å². The van der Waals surface area contributed by atoms with Gasteiger partial charge < -0.3 is 14.6 Å². The molecule has 0 unspecified atom stereocenters. The maximum atomic E-state index is 12.4. The molecule has 24 heavy (non-hydrogen) atoms. The number of hydrogen-bond acceptors (Lipinski definition) is 3. The lowest BCUT2D eigenvalue weighted by molar-refractivity contribution is -0.116. The Hall–Kier alpha value is -2.56. The number of amides is 1. The van der Waals surface area contributed by atoms with Crippen LogP contribution in [0.25, 0.3) is 0 Å². The third-order valence-corrected chi connectivity index (χ3v) is 3.86. The normalized spacial score (nSPS) is 10.5. The number of aromatic nitrogens is 1. The number of carbonyl (C=O) groups is 1. The summed E-state index contributed by atoms with van der Waals surface area (Å²) in [5, 5.41) is 2.97. The molecule has 5 nitrogen and oxygen atoms in total. The summed E-state index contributed by atoms with van der Waals surface area (Å²) in [7, 11) is 0. The molecule has 0 saturated carbocycles. The molecule has 0 spiro atoms. The lowest BCUT2D eigenvalue weighted by Crippen LogP contribution is -2.28. The second-order valence-electron chi connectivity index (χ2n) is 5.45. The zero-order valence-corrected chi connectivity index (χ0v) is 14.5. The number of ether oxygens (including phenoxy) is 1. The molecular formula is C19H24N2O3. The van der Waals surface area contributed by atoms with Gasteiger partial charge in [0.2, 0.25) is 5.91 Å². The predicted octanol–water partition coefficient (Wildman–Crippen LogP) is 3.01. The van der Waals surface area contributed by atoms with Crippen LogP contribution >= 0.6 is 0 Å². The van der Waals surface area contributed by atoms with Crippen molar-refractivity contribution in [3.8, 4) is 5.75 Å². The van der Waals surface area contributed by atoms with Gasteiger partial charge in [0.25, 0.3) is 5.56 Å². The SMILES string of the molecule is CCOc1cccn(CC(=O)Nc2c(CC)cccc2CC)c1=O. The van der Waals surface area contributed by atoms with Gasteiger partial charge in [-0.25, -0.2) is 0 Å². The predicted molar refractivity (Wildman–Crippen MR) is 95.7 cm³/mol. The minimum Gasteiger partial charge on any atom is -0.488 e. The summed E-state index contributed by atoms with van der Waals surface area (Å²) in [5.74, 6) is 0.0392. The van der Waals surface area contributed by atoms with Crippen LogP contribution in [0.4, 0.5) is 5.69 Å². The number of anilines is 1. The van der Waals surface area contributed by atoms with E-state index in [1.54, 1.807) is 18.3 Å². The van der Waals surface area contributed by atoms with Crippen LogP contribution in [0.15, 0.2) is 41.3 Å². The standard InChI is InChI=1S/C19H24N2O3/c1-4-14-9-7-10-15(5-2)18(14)20-17(22)13-21-12-8-11-16(19(21)23)24-6-3/h7-12H,4-6,13H2,1-3H3,(H,20,22). The molecule has 2 aromatic rings. The summed E-state index contributed by atoms with van der Waals surface area (Å²) in [5.41, 5.74) is 2.76. The first-order valence-corrected chi connectivity index (χ1v) is 8.33. The Morgan fingerprint density at radius 3 is 2.33 bits per heavy atom. The van der Waals surface area contributed by atoms with Crippen LogP contribution in [0.1, 0.15) is 31.9 Å². The number of carbonyl (C=O) groups excluding carboxylic acids is 1. The molecule has 0 aliphatic heterocycles. The first-order chi connectivity index (χ1) is 11.6. The Kier molecular flexibility index (Phi) is 6.18. The fourth-order valence-electron chi connectivity index (χ4n) is 2.64. The minimum absolute atomic E-state index is 0.0407. The Labute approximate surface area is 142 Å². The molecule has 0 atom stereocenters. The Morgan fingerprint density at radius 2 is 1.75 bits per heavy atom. The molecule has 5 heteroatoms. The van der Waals surface area contributed by atoms with E-state index < -0.39 is 0 Å². The highest BCUT2D eigenvalue weighted by Crippen LogP contribution is 2.22. The molecule has 0 aliphatic rings. The third-order valence-electron chi connectivity index (χ3n) is 3.86. The van der Waals surface area contributed by atoms with Crippen molar-refractivity contribution in [1.29, 1.82) is 0 Å². The van der Waals surface area contributed by atoms with Crippen LogP contribution in [0, 0.1) is 0 Å². The molecule has 1 amide bonds. The zero-order valence-electron chi connectivity index (χ0n) is 14.5. The van der Waals surface area contributed by atoms with Crippen molar-refractivity contribution in [3.63, 3.8) is 0 Å². The number of benzene rings is 1. The second kappa shape index (κ2) is 8.34. The number of nitrogens with one attached hydrogen (secondary N) is 1. The molecule has 0 aliphatic carbocycles. The Balaban J connectivity index is 2.21. The second-order valence-corrected chi connectivity index (χ2v) is 5.45. The summed E-state index contributed by atoms with van der Waals surface area (Å²) >= 11 is 0. The third kappa shape index (κ3) is 4.04. The average Bonchev–Trinajstić information content (AvgIpc) is 2.58. The first kappa shape index (κ1) is 17.8. The molecule has 1 heterocycles. The lowest BCUT2D eigenvalue weighted by atomic mass is 10.0. The van der Waals surface area contributed by atoms with E-state index in [0.717, 1.165) is 29.7 Å². The van der Waals surface area contributed by atoms with E-state index in [-0.39, 0.29) is 23.8 Å². The van der Waals surface area contributed by atoms with Gasteiger partial charge in [0.15, 0.2) is 5.75 Å².